The number of hydrazine groups is 2. The average Bonchev–Trinajstić information content (AvgIpc) is 3.39. The standard InChI is InChI=1S/C29H42ClN3O3/c1-27(35)12-13-29(17-36-3)18(15-27)4-6-20-21-7-8-23(28(21,2)11-10-22(20)29)26(34)16-33-25-9-5-19(30)14-24(25)31-32-33/h5,9,14,18,20-23,31-32,35H,4,6-8,10-13,15-17H2,1-3H3/t18-,20-,21-,22-,23+,27+,28-,29+/m0/s1. The second-order valence-corrected chi connectivity index (χ2v) is 13.6. The summed E-state index contributed by atoms with van der Waals surface area (Å²) >= 11 is 6.14. The number of hydrogen-bond donors (Lipinski definition) is 3. The molecule has 1 aliphatic heterocycles. The van der Waals surface area contributed by atoms with Crippen LogP contribution < -0.4 is 16.0 Å². The molecule has 0 saturated heterocycles. The van der Waals surface area contributed by atoms with Gasteiger partial charge in [-0.25, -0.2) is 0 Å². The average molecular weight is 516 g/mol. The van der Waals surface area contributed by atoms with Crippen molar-refractivity contribution in [1.29, 1.82) is 0 Å². The number of aliphatic hydroxyl groups is 1. The third-order valence-corrected chi connectivity index (χ3v) is 11.6. The zero-order valence-corrected chi connectivity index (χ0v) is 22.7. The lowest BCUT2D eigenvalue weighted by Crippen LogP contribution is -2.58. The fourth-order valence-corrected chi connectivity index (χ4v) is 9.91. The van der Waals surface area contributed by atoms with Crippen molar-refractivity contribution in [2.75, 3.05) is 30.7 Å². The van der Waals surface area contributed by atoms with Crippen molar-refractivity contribution < 1.29 is 14.6 Å². The fourth-order valence-electron chi connectivity index (χ4n) is 9.73. The van der Waals surface area contributed by atoms with E-state index in [4.69, 9.17) is 16.3 Å². The van der Waals surface area contributed by atoms with Gasteiger partial charge in [-0.1, -0.05) is 18.5 Å². The van der Waals surface area contributed by atoms with E-state index in [1.54, 1.807) is 0 Å². The van der Waals surface area contributed by atoms with Crippen LogP contribution in [-0.2, 0) is 9.53 Å². The van der Waals surface area contributed by atoms with Gasteiger partial charge in [-0.2, -0.15) is 0 Å². The number of hydrogen-bond acceptors (Lipinski definition) is 6. The smallest absolute Gasteiger partial charge is 0.157 e. The molecule has 4 fully saturated rings. The Hall–Kier alpha value is -1.34. The number of ketones is 1. The maximum absolute atomic E-state index is 13.8. The first-order chi connectivity index (χ1) is 17.2. The Morgan fingerprint density at radius 2 is 1.97 bits per heavy atom. The molecular formula is C29H42ClN3O3. The molecule has 7 heteroatoms. The van der Waals surface area contributed by atoms with Crippen LogP contribution in [0.3, 0.4) is 0 Å². The van der Waals surface area contributed by atoms with Gasteiger partial charge in [0.2, 0.25) is 0 Å². The number of carbonyl (C=O) groups is 1. The van der Waals surface area contributed by atoms with Gasteiger partial charge in [0.1, 0.15) is 0 Å². The molecule has 0 amide bonds. The number of benzene rings is 1. The van der Waals surface area contributed by atoms with E-state index in [9.17, 15) is 9.90 Å². The summed E-state index contributed by atoms with van der Waals surface area (Å²) < 4.78 is 5.90. The normalized spacial score (nSPS) is 43.2. The van der Waals surface area contributed by atoms with Crippen LogP contribution in [-0.4, -0.2) is 36.8 Å². The first kappa shape index (κ1) is 25.0. The minimum atomic E-state index is -0.536. The molecule has 0 unspecified atom stereocenters. The summed E-state index contributed by atoms with van der Waals surface area (Å²) in [6.07, 6.45) is 9.77. The molecule has 1 aromatic rings. The van der Waals surface area contributed by atoms with Crippen molar-refractivity contribution in [2.45, 2.75) is 77.2 Å². The Balaban J connectivity index is 1.20. The van der Waals surface area contributed by atoms with Gasteiger partial charge in [0, 0.05) is 18.1 Å². The molecule has 4 saturated carbocycles. The summed E-state index contributed by atoms with van der Waals surface area (Å²) in [6.45, 7) is 5.64. The molecule has 3 N–H and O–H groups in total. The monoisotopic (exact) mass is 515 g/mol. The number of rotatable bonds is 5. The highest BCUT2D eigenvalue weighted by Crippen LogP contribution is 2.68. The van der Waals surface area contributed by atoms with Crippen LogP contribution in [0.1, 0.15) is 71.6 Å². The van der Waals surface area contributed by atoms with Gasteiger partial charge in [-0.15, -0.1) is 5.53 Å². The number of methoxy groups -OCH3 is 1. The highest BCUT2D eigenvalue weighted by Gasteiger charge is 2.63. The van der Waals surface area contributed by atoms with Crippen LogP contribution in [0.15, 0.2) is 18.2 Å². The van der Waals surface area contributed by atoms with E-state index in [2.05, 4.69) is 17.9 Å². The molecule has 1 aromatic carbocycles. The van der Waals surface area contributed by atoms with E-state index in [1.165, 1.54) is 19.3 Å². The van der Waals surface area contributed by atoms with E-state index in [1.807, 2.05) is 37.2 Å². The van der Waals surface area contributed by atoms with Gasteiger partial charge in [0.25, 0.3) is 0 Å². The molecule has 0 radical (unpaired) electrons. The lowest BCUT2D eigenvalue weighted by atomic mass is 9.43. The Kier molecular flexibility index (Phi) is 6.14. The number of nitrogens with zero attached hydrogens (tertiary/aromatic N) is 1. The third-order valence-electron chi connectivity index (χ3n) is 11.3. The van der Waals surface area contributed by atoms with Crippen molar-refractivity contribution >= 4 is 28.8 Å². The van der Waals surface area contributed by atoms with E-state index in [0.29, 0.717) is 41.0 Å². The molecule has 6 rings (SSSR count). The van der Waals surface area contributed by atoms with Gasteiger partial charge in [-0.3, -0.25) is 9.80 Å². The van der Waals surface area contributed by atoms with E-state index < -0.39 is 5.60 Å². The summed E-state index contributed by atoms with van der Waals surface area (Å²) in [4.78, 5) is 13.8. The molecule has 1 heterocycles. The largest absolute Gasteiger partial charge is 0.390 e. The number of Topliss-reactive ketones (excluding diaryl/α,β-unsaturated/α-hetero) is 1. The summed E-state index contributed by atoms with van der Waals surface area (Å²) in [5.41, 5.74) is 7.93. The Morgan fingerprint density at radius 3 is 2.78 bits per heavy atom. The molecule has 4 aliphatic carbocycles. The SMILES string of the molecule is COC[C@]12CC[C@@](C)(O)C[C@@H]1CC[C@H]1[C@@H]3CC[C@H](C(=O)CN4NNc5cc(Cl)ccc54)[C@@]3(C)CC[C@@H]12. The third kappa shape index (κ3) is 3.81. The predicted octanol–water partition coefficient (Wildman–Crippen LogP) is 5.60. The first-order valence-electron chi connectivity index (χ1n) is 14.0. The number of ether oxygens (including phenoxy) is 1. The van der Waals surface area contributed by atoms with Crippen LogP contribution in [0.2, 0.25) is 5.02 Å². The lowest BCUT2D eigenvalue weighted by Gasteiger charge is -2.62. The topological polar surface area (TPSA) is 73.8 Å². The Labute approximate surface area is 220 Å². The molecule has 0 aromatic heterocycles. The minimum absolute atomic E-state index is 0.0789. The van der Waals surface area contributed by atoms with Crippen molar-refractivity contribution in [3.63, 3.8) is 0 Å². The first-order valence-corrected chi connectivity index (χ1v) is 14.4. The number of anilines is 2. The van der Waals surface area contributed by atoms with Crippen LogP contribution in [0.5, 0.6) is 0 Å². The number of nitrogens with one attached hydrogen (secondary N) is 2. The number of fused-ring (bicyclic) bond motifs is 6. The summed E-state index contributed by atoms with van der Waals surface area (Å²) in [5.74, 6) is 2.95. The summed E-state index contributed by atoms with van der Waals surface area (Å²) in [5, 5.41) is 13.5. The van der Waals surface area contributed by atoms with Gasteiger partial charge < -0.3 is 15.3 Å². The Morgan fingerprint density at radius 1 is 1.14 bits per heavy atom. The molecule has 6 nitrogen and oxygen atoms in total. The second kappa shape index (κ2) is 8.86. The van der Waals surface area contributed by atoms with Crippen LogP contribution in [0.25, 0.3) is 0 Å². The Bertz CT molecular complexity index is 1030. The van der Waals surface area contributed by atoms with Crippen molar-refractivity contribution in [2.24, 2.45) is 40.4 Å². The quantitative estimate of drug-likeness (QED) is 0.474. The van der Waals surface area contributed by atoms with Crippen molar-refractivity contribution in [3.8, 4) is 0 Å². The summed E-state index contributed by atoms with van der Waals surface area (Å²) in [6, 6.07) is 5.73. The van der Waals surface area contributed by atoms with Crippen LogP contribution in [0, 0.1) is 40.4 Å². The highest BCUT2D eigenvalue weighted by atomic mass is 35.5. The lowest BCUT2D eigenvalue weighted by molar-refractivity contribution is -0.175. The zero-order chi connectivity index (χ0) is 25.3. The molecule has 0 spiro atoms. The number of carbonyl (C=O) groups excluding carboxylic acids is 1. The molecule has 0 bridgehead atoms. The second-order valence-electron chi connectivity index (χ2n) is 13.1. The highest BCUT2D eigenvalue weighted by molar-refractivity contribution is 6.31. The van der Waals surface area contributed by atoms with E-state index in [-0.39, 0.29) is 16.7 Å². The van der Waals surface area contributed by atoms with E-state index >= 15 is 0 Å². The molecule has 5 aliphatic rings. The van der Waals surface area contributed by atoms with Crippen molar-refractivity contribution in [1.82, 2.24) is 5.53 Å². The fraction of sp³-hybridized carbons (Fsp3) is 0.759. The van der Waals surface area contributed by atoms with Gasteiger partial charge in [-0.05, 0) is 117 Å². The summed E-state index contributed by atoms with van der Waals surface area (Å²) in [7, 11) is 1.85. The minimum Gasteiger partial charge on any atom is -0.390 e. The molecule has 8 atom stereocenters. The van der Waals surface area contributed by atoms with Gasteiger partial charge in [0.15, 0.2) is 5.78 Å². The maximum atomic E-state index is 13.8. The van der Waals surface area contributed by atoms with Crippen LogP contribution in [0.4, 0.5) is 11.4 Å². The van der Waals surface area contributed by atoms with Crippen LogP contribution >= 0.6 is 11.6 Å². The maximum Gasteiger partial charge on any atom is 0.157 e. The molecule has 36 heavy (non-hydrogen) atoms. The zero-order valence-electron chi connectivity index (χ0n) is 22.0. The van der Waals surface area contributed by atoms with E-state index in [0.717, 1.165) is 56.5 Å². The molecular weight excluding hydrogens is 474 g/mol. The molecule has 198 valence electrons. The van der Waals surface area contributed by atoms with Gasteiger partial charge >= 0.3 is 0 Å². The predicted molar refractivity (Wildman–Crippen MR) is 143 cm³/mol. The van der Waals surface area contributed by atoms with Gasteiger partial charge in [0.05, 0.1) is 30.1 Å². The van der Waals surface area contributed by atoms with Crippen molar-refractivity contribution in [3.05, 3.63) is 23.2 Å². The number of halogens is 1.